The zero-order valence-electron chi connectivity index (χ0n) is 10.3. The first-order valence-corrected chi connectivity index (χ1v) is 6.53. The highest BCUT2D eigenvalue weighted by Gasteiger charge is 2.54. The van der Waals surface area contributed by atoms with Gasteiger partial charge in [0.1, 0.15) is 12.1 Å². The molecule has 0 unspecified atom stereocenters. The second-order valence-electron chi connectivity index (χ2n) is 4.79. The molecule has 20 heavy (non-hydrogen) atoms. The summed E-state index contributed by atoms with van der Waals surface area (Å²) < 4.78 is 0. The second kappa shape index (κ2) is 4.49. The fraction of sp³-hybridized carbons (Fsp3) is 0.308. The van der Waals surface area contributed by atoms with Gasteiger partial charge in [-0.25, -0.2) is 14.5 Å². The maximum absolute atomic E-state index is 12.3. The highest BCUT2D eigenvalue weighted by Crippen LogP contribution is 2.35. The van der Waals surface area contributed by atoms with E-state index >= 15 is 0 Å². The molecule has 1 aromatic carbocycles. The van der Waals surface area contributed by atoms with Crippen LogP contribution in [0, 0.1) is 0 Å². The van der Waals surface area contributed by atoms with Crippen molar-refractivity contribution >= 4 is 35.2 Å². The number of fused-ring (bicyclic) bond motifs is 1. The first-order valence-electron chi connectivity index (χ1n) is 6.15. The van der Waals surface area contributed by atoms with Gasteiger partial charge >= 0.3 is 12.0 Å². The standard InChI is InChI=1S/C13H11ClN2O4/c14-7-2-1-3-8(6-7)15-11(17)9-4-5-10(12(18)19)16(9)13(15)20/h1-3,6,9-10H,4-5H2,(H,18,19)/t9-,10+/m0/s1. The highest BCUT2D eigenvalue weighted by molar-refractivity contribution is 6.31. The Balaban J connectivity index is 1.98. The monoisotopic (exact) mass is 294 g/mol. The lowest BCUT2D eigenvalue weighted by atomic mass is 10.1. The van der Waals surface area contributed by atoms with Gasteiger partial charge in [0, 0.05) is 5.02 Å². The summed E-state index contributed by atoms with van der Waals surface area (Å²) in [6, 6.07) is 4.18. The quantitative estimate of drug-likeness (QED) is 0.843. The lowest BCUT2D eigenvalue weighted by molar-refractivity contribution is -0.141. The second-order valence-corrected chi connectivity index (χ2v) is 5.23. The smallest absolute Gasteiger partial charge is 0.332 e. The zero-order valence-corrected chi connectivity index (χ0v) is 11.1. The van der Waals surface area contributed by atoms with Crippen LogP contribution in [-0.4, -0.2) is 40.0 Å². The average Bonchev–Trinajstić information content (AvgIpc) is 2.91. The van der Waals surface area contributed by atoms with Gasteiger partial charge < -0.3 is 5.11 Å². The molecule has 2 saturated heterocycles. The van der Waals surface area contributed by atoms with Gasteiger partial charge in [-0.2, -0.15) is 0 Å². The predicted molar refractivity (Wildman–Crippen MR) is 70.6 cm³/mol. The number of hydrogen-bond acceptors (Lipinski definition) is 3. The fourth-order valence-corrected chi connectivity index (χ4v) is 2.96. The van der Waals surface area contributed by atoms with Crippen LogP contribution < -0.4 is 4.90 Å². The lowest BCUT2D eigenvalue weighted by Crippen LogP contribution is -2.42. The van der Waals surface area contributed by atoms with Crippen LogP contribution >= 0.6 is 11.6 Å². The summed E-state index contributed by atoms with van der Waals surface area (Å²) in [5.41, 5.74) is 0.367. The number of anilines is 1. The van der Waals surface area contributed by atoms with Crippen LogP contribution in [0.1, 0.15) is 12.8 Å². The first-order chi connectivity index (χ1) is 9.50. The average molecular weight is 295 g/mol. The first kappa shape index (κ1) is 12.9. The number of carboxylic acids is 1. The van der Waals surface area contributed by atoms with Crippen LogP contribution in [0.25, 0.3) is 0 Å². The van der Waals surface area contributed by atoms with E-state index in [-0.39, 0.29) is 5.91 Å². The molecule has 0 aromatic heterocycles. The molecule has 2 heterocycles. The molecule has 1 N–H and O–H groups in total. The molecule has 2 atom stereocenters. The van der Waals surface area contributed by atoms with Crippen LogP contribution in [0.5, 0.6) is 0 Å². The van der Waals surface area contributed by atoms with Crippen molar-refractivity contribution in [1.82, 2.24) is 4.90 Å². The van der Waals surface area contributed by atoms with Crippen molar-refractivity contribution in [2.24, 2.45) is 0 Å². The van der Waals surface area contributed by atoms with Crippen molar-refractivity contribution in [3.8, 4) is 0 Å². The summed E-state index contributed by atoms with van der Waals surface area (Å²) in [7, 11) is 0. The van der Waals surface area contributed by atoms with Crippen molar-refractivity contribution in [3.63, 3.8) is 0 Å². The summed E-state index contributed by atoms with van der Waals surface area (Å²) in [4.78, 5) is 38.0. The molecule has 2 fully saturated rings. The van der Waals surface area contributed by atoms with E-state index in [1.165, 1.54) is 6.07 Å². The topological polar surface area (TPSA) is 77.9 Å². The van der Waals surface area contributed by atoms with Crippen molar-refractivity contribution in [3.05, 3.63) is 29.3 Å². The van der Waals surface area contributed by atoms with E-state index in [0.717, 1.165) is 9.80 Å². The van der Waals surface area contributed by atoms with E-state index in [9.17, 15) is 14.4 Å². The molecule has 0 bridgehead atoms. The summed E-state index contributed by atoms with van der Waals surface area (Å²) in [5, 5.41) is 9.53. The molecular formula is C13H11ClN2O4. The Labute approximate surface area is 119 Å². The Kier molecular flexibility index (Phi) is 2.90. The Morgan fingerprint density at radius 1 is 1.30 bits per heavy atom. The van der Waals surface area contributed by atoms with Crippen molar-refractivity contribution in [2.75, 3.05) is 4.90 Å². The van der Waals surface area contributed by atoms with Gasteiger partial charge in [0.15, 0.2) is 0 Å². The lowest BCUT2D eigenvalue weighted by Gasteiger charge is -2.20. The number of aliphatic carboxylic acids is 1. The van der Waals surface area contributed by atoms with Crippen LogP contribution in [-0.2, 0) is 9.59 Å². The molecule has 0 spiro atoms. The number of amides is 3. The molecule has 2 aliphatic heterocycles. The predicted octanol–water partition coefficient (Wildman–Crippen LogP) is 1.72. The van der Waals surface area contributed by atoms with Gasteiger partial charge in [0.2, 0.25) is 0 Å². The van der Waals surface area contributed by atoms with E-state index in [4.69, 9.17) is 16.7 Å². The molecule has 6 nitrogen and oxygen atoms in total. The van der Waals surface area contributed by atoms with Crippen LogP contribution in [0.2, 0.25) is 5.02 Å². The fourth-order valence-electron chi connectivity index (χ4n) is 2.77. The molecule has 0 saturated carbocycles. The van der Waals surface area contributed by atoms with Gasteiger partial charge in [0.05, 0.1) is 5.69 Å². The molecule has 104 valence electrons. The van der Waals surface area contributed by atoms with Gasteiger partial charge in [0.25, 0.3) is 5.91 Å². The Morgan fingerprint density at radius 3 is 2.70 bits per heavy atom. The van der Waals surface area contributed by atoms with Crippen molar-refractivity contribution in [2.45, 2.75) is 24.9 Å². The third-order valence-corrected chi connectivity index (χ3v) is 3.89. The maximum Gasteiger partial charge on any atom is 0.332 e. The minimum absolute atomic E-state index is 0.306. The SMILES string of the molecule is O=C(O)[C@H]1CC[C@H]2C(=O)N(c3cccc(Cl)c3)C(=O)N12. The third-order valence-electron chi connectivity index (χ3n) is 3.65. The number of carbonyl (C=O) groups excluding carboxylic acids is 2. The summed E-state index contributed by atoms with van der Waals surface area (Å²) >= 11 is 5.86. The number of benzene rings is 1. The maximum atomic E-state index is 12.3. The number of carbonyl (C=O) groups is 3. The van der Waals surface area contributed by atoms with E-state index in [0.29, 0.717) is 23.6 Å². The minimum atomic E-state index is -1.08. The Bertz CT molecular complexity index is 618. The van der Waals surface area contributed by atoms with E-state index in [1.54, 1.807) is 18.2 Å². The Morgan fingerprint density at radius 2 is 2.05 bits per heavy atom. The van der Waals surface area contributed by atoms with Crippen molar-refractivity contribution in [1.29, 1.82) is 0 Å². The number of rotatable bonds is 2. The number of hydrogen-bond donors (Lipinski definition) is 1. The largest absolute Gasteiger partial charge is 0.480 e. The number of halogens is 1. The molecular weight excluding hydrogens is 284 g/mol. The van der Waals surface area contributed by atoms with E-state index in [2.05, 4.69) is 0 Å². The van der Waals surface area contributed by atoms with E-state index < -0.39 is 24.1 Å². The number of nitrogens with zero attached hydrogens (tertiary/aromatic N) is 2. The van der Waals surface area contributed by atoms with Gasteiger partial charge in [-0.1, -0.05) is 17.7 Å². The number of imide groups is 1. The van der Waals surface area contributed by atoms with Crippen LogP contribution in [0.4, 0.5) is 10.5 Å². The van der Waals surface area contributed by atoms with Crippen molar-refractivity contribution < 1.29 is 19.5 Å². The Hall–Kier alpha value is -2.08. The third kappa shape index (κ3) is 1.76. The van der Waals surface area contributed by atoms with Gasteiger partial charge in [-0.05, 0) is 31.0 Å². The molecule has 3 rings (SSSR count). The summed E-state index contributed by atoms with van der Waals surface area (Å²) in [6.45, 7) is 0. The number of urea groups is 1. The molecule has 2 aliphatic rings. The van der Waals surface area contributed by atoms with Crippen LogP contribution in [0.3, 0.4) is 0 Å². The molecule has 1 aromatic rings. The van der Waals surface area contributed by atoms with Gasteiger partial charge in [-0.15, -0.1) is 0 Å². The minimum Gasteiger partial charge on any atom is -0.480 e. The molecule has 0 aliphatic carbocycles. The number of carboxylic acid groups (broad SMARTS) is 1. The molecule has 7 heteroatoms. The van der Waals surface area contributed by atoms with Gasteiger partial charge in [-0.3, -0.25) is 9.69 Å². The zero-order chi connectivity index (χ0) is 14.4. The highest BCUT2D eigenvalue weighted by atomic mass is 35.5. The summed E-state index contributed by atoms with van der Waals surface area (Å²) in [5.74, 6) is -1.47. The van der Waals surface area contributed by atoms with Crippen LogP contribution in [0.15, 0.2) is 24.3 Å². The van der Waals surface area contributed by atoms with E-state index in [1.807, 2.05) is 0 Å². The summed E-state index contributed by atoms with van der Waals surface area (Å²) in [6.07, 6.45) is 0.680. The normalized spacial score (nSPS) is 25.2. The molecule has 0 radical (unpaired) electrons. The molecule has 3 amide bonds.